The zero-order valence-electron chi connectivity index (χ0n) is 19.8. The number of benzene rings is 4. The number of aryl methyl sites for hydroxylation is 2. The summed E-state index contributed by atoms with van der Waals surface area (Å²) in [6, 6.07) is 39.0. The van der Waals surface area contributed by atoms with Crippen LogP contribution in [0.4, 0.5) is 0 Å². The summed E-state index contributed by atoms with van der Waals surface area (Å²) in [7, 11) is 0. The molecule has 0 unspecified atom stereocenters. The molecule has 0 spiro atoms. The lowest BCUT2D eigenvalue weighted by Gasteiger charge is -2.12. The van der Waals surface area contributed by atoms with Gasteiger partial charge in [0.05, 0.1) is 5.69 Å². The van der Waals surface area contributed by atoms with E-state index in [1.54, 1.807) is 0 Å². The molecule has 166 valence electrons. The highest BCUT2D eigenvalue weighted by molar-refractivity contribution is 5.76. The number of hydrogen-bond acceptors (Lipinski definition) is 1. The topological polar surface area (TPSA) is 12.9 Å². The fourth-order valence-electron chi connectivity index (χ4n) is 4.62. The molecule has 0 bridgehead atoms. The second-order valence-corrected chi connectivity index (χ2v) is 8.82. The second kappa shape index (κ2) is 9.89. The highest BCUT2D eigenvalue weighted by Gasteiger charge is 2.09. The minimum absolute atomic E-state index is 1.01. The standard InChI is InChI=1S/C33H29N/c1-3-10-26-13-7-8-16-31(26)27-17-19-28(20-18-27)33-21-24(2)32(23-34-33)30-15-9-14-29(22-30)25-11-5-4-6-12-25/h4-9,11-23H,3,10H2,1-2H3. The fourth-order valence-corrected chi connectivity index (χ4v) is 4.62. The summed E-state index contributed by atoms with van der Waals surface area (Å²) in [5.74, 6) is 0. The first-order valence-electron chi connectivity index (χ1n) is 12.0. The molecule has 0 saturated heterocycles. The number of pyridine rings is 1. The van der Waals surface area contributed by atoms with Crippen molar-refractivity contribution in [3.05, 3.63) is 127 Å². The molecule has 1 heteroatoms. The molecule has 34 heavy (non-hydrogen) atoms. The van der Waals surface area contributed by atoms with Crippen molar-refractivity contribution in [1.29, 1.82) is 0 Å². The normalized spacial score (nSPS) is 10.9. The van der Waals surface area contributed by atoms with Gasteiger partial charge in [0.2, 0.25) is 0 Å². The lowest BCUT2D eigenvalue weighted by Crippen LogP contribution is -1.91. The molecule has 0 amide bonds. The van der Waals surface area contributed by atoms with E-state index in [-0.39, 0.29) is 0 Å². The van der Waals surface area contributed by atoms with Gasteiger partial charge in [0.1, 0.15) is 0 Å². The van der Waals surface area contributed by atoms with Gasteiger partial charge in [-0.1, -0.05) is 110 Å². The van der Waals surface area contributed by atoms with Gasteiger partial charge in [-0.3, -0.25) is 4.98 Å². The summed E-state index contributed by atoms with van der Waals surface area (Å²) in [6.45, 7) is 4.40. The Labute approximate surface area is 202 Å². The van der Waals surface area contributed by atoms with Gasteiger partial charge in [-0.2, -0.15) is 0 Å². The molecule has 1 nitrogen and oxygen atoms in total. The number of rotatable bonds is 6. The molecule has 0 fully saturated rings. The summed E-state index contributed by atoms with van der Waals surface area (Å²) in [5, 5.41) is 0. The van der Waals surface area contributed by atoms with Crippen LogP contribution < -0.4 is 0 Å². The summed E-state index contributed by atoms with van der Waals surface area (Å²) in [6.07, 6.45) is 4.27. The van der Waals surface area contributed by atoms with E-state index in [0.29, 0.717) is 0 Å². The van der Waals surface area contributed by atoms with Crippen molar-refractivity contribution < 1.29 is 0 Å². The first-order valence-corrected chi connectivity index (χ1v) is 12.0. The predicted octanol–water partition coefficient (Wildman–Crippen LogP) is 9.01. The van der Waals surface area contributed by atoms with Crippen LogP contribution in [-0.4, -0.2) is 4.98 Å². The van der Waals surface area contributed by atoms with Crippen LogP contribution >= 0.6 is 0 Å². The summed E-state index contributed by atoms with van der Waals surface area (Å²) in [5.41, 5.74) is 12.2. The summed E-state index contributed by atoms with van der Waals surface area (Å²) >= 11 is 0. The zero-order chi connectivity index (χ0) is 23.3. The van der Waals surface area contributed by atoms with Crippen LogP contribution in [0.2, 0.25) is 0 Å². The fraction of sp³-hybridized carbons (Fsp3) is 0.121. The third kappa shape index (κ3) is 4.56. The molecule has 4 aromatic carbocycles. The van der Waals surface area contributed by atoms with Gasteiger partial charge < -0.3 is 0 Å². The van der Waals surface area contributed by atoms with Gasteiger partial charge >= 0.3 is 0 Å². The lowest BCUT2D eigenvalue weighted by atomic mass is 9.95. The van der Waals surface area contributed by atoms with E-state index in [2.05, 4.69) is 123 Å². The maximum Gasteiger partial charge on any atom is 0.0705 e. The Morgan fingerprint density at radius 3 is 2.00 bits per heavy atom. The first-order chi connectivity index (χ1) is 16.7. The maximum absolute atomic E-state index is 4.84. The molecular weight excluding hydrogens is 410 g/mol. The molecule has 5 rings (SSSR count). The molecule has 0 aliphatic carbocycles. The second-order valence-electron chi connectivity index (χ2n) is 8.82. The Kier molecular flexibility index (Phi) is 6.35. The van der Waals surface area contributed by atoms with Crippen molar-refractivity contribution in [3.8, 4) is 44.6 Å². The quantitative estimate of drug-likeness (QED) is 0.257. The Balaban J connectivity index is 1.43. The van der Waals surface area contributed by atoms with Crippen molar-refractivity contribution in [2.24, 2.45) is 0 Å². The van der Waals surface area contributed by atoms with Crippen LogP contribution in [-0.2, 0) is 6.42 Å². The Hall–Kier alpha value is -3.97. The molecule has 0 atom stereocenters. The molecule has 1 heterocycles. The minimum Gasteiger partial charge on any atom is -0.256 e. The third-order valence-corrected chi connectivity index (χ3v) is 6.42. The molecule has 1 aromatic heterocycles. The number of hydrogen-bond donors (Lipinski definition) is 0. The average Bonchev–Trinajstić information content (AvgIpc) is 2.90. The van der Waals surface area contributed by atoms with Crippen LogP contribution in [0, 0.1) is 6.92 Å². The van der Waals surface area contributed by atoms with Crippen LogP contribution in [0.15, 0.2) is 115 Å². The van der Waals surface area contributed by atoms with E-state index in [0.717, 1.165) is 24.1 Å². The Morgan fingerprint density at radius 1 is 0.559 bits per heavy atom. The van der Waals surface area contributed by atoms with E-state index in [1.807, 2.05) is 6.20 Å². The molecule has 0 aliphatic heterocycles. The van der Waals surface area contributed by atoms with Crippen LogP contribution in [0.5, 0.6) is 0 Å². The van der Waals surface area contributed by atoms with Crippen LogP contribution in [0.3, 0.4) is 0 Å². The minimum atomic E-state index is 1.01. The molecular formula is C33H29N. The van der Waals surface area contributed by atoms with Crippen LogP contribution in [0.1, 0.15) is 24.5 Å². The van der Waals surface area contributed by atoms with E-state index >= 15 is 0 Å². The SMILES string of the molecule is CCCc1ccccc1-c1ccc(-c2cc(C)c(-c3cccc(-c4ccccc4)c3)cn2)cc1. The molecule has 0 aliphatic rings. The third-order valence-electron chi connectivity index (χ3n) is 6.42. The summed E-state index contributed by atoms with van der Waals surface area (Å²) < 4.78 is 0. The van der Waals surface area contributed by atoms with E-state index in [4.69, 9.17) is 4.98 Å². The zero-order valence-corrected chi connectivity index (χ0v) is 19.8. The Morgan fingerprint density at radius 2 is 1.24 bits per heavy atom. The van der Waals surface area contributed by atoms with Crippen LogP contribution in [0.25, 0.3) is 44.6 Å². The largest absolute Gasteiger partial charge is 0.256 e. The van der Waals surface area contributed by atoms with Crippen molar-refractivity contribution in [3.63, 3.8) is 0 Å². The molecule has 5 aromatic rings. The predicted molar refractivity (Wildman–Crippen MR) is 145 cm³/mol. The first kappa shape index (κ1) is 21.9. The van der Waals surface area contributed by atoms with Gasteiger partial charge in [-0.05, 0) is 64.4 Å². The number of aromatic nitrogens is 1. The molecule has 0 saturated carbocycles. The van der Waals surface area contributed by atoms with Crippen molar-refractivity contribution in [1.82, 2.24) is 4.98 Å². The van der Waals surface area contributed by atoms with Gasteiger partial charge in [-0.25, -0.2) is 0 Å². The molecule has 0 N–H and O–H groups in total. The van der Waals surface area contributed by atoms with E-state index in [9.17, 15) is 0 Å². The smallest absolute Gasteiger partial charge is 0.0705 e. The highest BCUT2D eigenvalue weighted by atomic mass is 14.7. The molecule has 0 radical (unpaired) electrons. The monoisotopic (exact) mass is 439 g/mol. The maximum atomic E-state index is 4.84. The van der Waals surface area contributed by atoms with E-state index in [1.165, 1.54) is 44.5 Å². The highest BCUT2D eigenvalue weighted by Crippen LogP contribution is 2.31. The van der Waals surface area contributed by atoms with Gasteiger partial charge in [0, 0.05) is 17.3 Å². The van der Waals surface area contributed by atoms with E-state index < -0.39 is 0 Å². The Bertz CT molecular complexity index is 1400. The van der Waals surface area contributed by atoms with Gasteiger partial charge in [0.15, 0.2) is 0 Å². The number of nitrogens with zero attached hydrogens (tertiary/aromatic N) is 1. The van der Waals surface area contributed by atoms with Crippen molar-refractivity contribution >= 4 is 0 Å². The van der Waals surface area contributed by atoms with Crippen molar-refractivity contribution in [2.75, 3.05) is 0 Å². The van der Waals surface area contributed by atoms with Crippen molar-refractivity contribution in [2.45, 2.75) is 26.7 Å². The summed E-state index contributed by atoms with van der Waals surface area (Å²) in [4.78, 5) is 4.84. The average molecular weight is 440 g/mol. The van der Waals surface area contributed by atoms with Gasteiger partial charge in [-0.15, -0.1) is 0 Å². The van der Waals surface area contributed by atoms with Gasteiger partial charge in [0.25, 0.3) is 0 Å². The lowest BCUT2D eigenvalue weighted by molar-refractivity contribution is 0.923.